The van der Waals surface area contributed by atoms with Crippen LogP contribution in [0.1, 0.15) is 30.9 Å². The predicted octanol–water partition coefficient (Wildman–Crippen LogP) is -0.265. The number of aliphatic hydroxyl groups is 1. The van der Waals surface area contributed by atoms with Gasteiger partial charge in [0.2, 0.25) is 17.7 Å². The van der Waals surface area contributed by atoms with Crippen molar-refractivity contribution in [1.82, 2.24) is 25.9 Å². The first-order valence-corrected chi connectivity index (χ1v) is 15.2. The normalized spacial score (nSPS) is 14.4. The molecule has 2 aromatic heterocycles. The summed E-state index contributed by atoms with van der Waals surface area (Å²) in [6.07, 6.45) is 2.59. The van der Waals surface area contributed by atoms with Crippen molar-refractivity contribution in [2.24, 2.45) is 22.2 Å². The summed E-state index contributed by atoms with van der Waals surface area (Å²) in [7, 11) is 0. The van der Waals surface area contributed by atoms with Gasteiger partial charge in [0.25, 0.3) is 0 Å². The standard InChI is InChI=1S/C32H41N9O6/c1-17(42)27(33)30(45)41-26(14-19-16-38-23-10-5-3-8-21(19)23)29(44)40-25(13-18-15-37-22-9-4-2-7-20(18)22)28(43)39-24(31(46)47)11-6-12-36-32(34)35/h2-5,7-10,15-17,24-27,37-38,42H,6,11-14,33H2,1H3,(H,39,43)(H,40,44)(H,41,45)(H,46,47)(H4,34,35,36). The summed E-state index contributed by atoms with van der Waals surface area (Å²) in [6, 6.07) is 9.80. The third kappa shape index (κ3) is 9.08. The maximum absolute atomic E-state index is 14.0. The van der Waals surface area contributed by atoms with Gasteiger partial charge in [-0.15, -0.1) is 0 Å². The van der Waals surface area contributed by atoms with Gasteiger partial charge in [0.1, 0.15) is 24.2 Å². The molecule has 0 aliphatic heterocycles. The lowest BCUT2D eigenvalue weighted by atomic mass is 10.0. The van der Waals surface area contributed by atoms with E-state index in [9.17, 15) is 29.4 Å². The second-order valence-corrected chi connectivity index (χ2v) is 11.4. The summed E-state index contributed by atoms with van der Waals surface area (Å²) in [6.45, 7) is 1.53. The van der Waals surface area contributed by atoms with E-state index in [2.05, 4.69) is 30.9 Å². The number of amides is 3. The summed E-state index contributed by atoms with van der Waals surface area (Å²) >= 11 is 0. The van der Waals surface area contributed by atoms with Gasteiger partial charge in [-0.05, 0) is 43.0 Å². The number of aromatic nitrogens is 2. The van der Waals surface area contributed by atoms with Gasteiger partial charge < -0.3 is 53.3 Å². The van der Waals surface area contributed by atoms with Crippen LogP contribution >= 0.6 is 0 Å². The van der Waals surface area contributed by atoms with Gasteiger partial charge in [-0.3, -0.25) is 19.4 Å². The second kappa shape index (κ2) is 15.7. The topological polar surface area (TPSA) is 267 Å². The molecule has 0 saturated heterocycles. The number of para-hydroxylation sites is 2. The SMILES string of the molecule is CC(O)C(N)C(=O)NC(Cc1c[nH]c2ccccc12)C(=O)NC(Cc1c[nH]c2ccccc12)C(=O)NC(CCCN=C(N)N)C(=O)O. The third-order valence-corrected chi connectivity index (χ3v) is 7.85. The van der Waals surface area contributed by atoms with E-state index in [0.717, 1.165) is 27.4 Å². The zero-order valence-corrected chi connectivity index (χ0v) is 25.9. The predicted molar refractivity (Wildman–Crippen MR) is 177 cm³/mol. The smallest absolute Gasteiger partial charge is 0.326 e. The van der Waals surface area contributed by atoms with Crippen molar-refractivity contribution < 1.29 is 29.4 Å². The fourth-order valence-corrected chi connectivity index (χ4v) is 5.25. The first-order valence-electron chi connectivity index (χ1n) is 15.2. The minimum Gasteiger partial charge on any atom is -0.480 e. The summed E-state index contributed by atoms with van der Waals surface area (Å²) < 4.78 is 0. The minimum atomic E-state index is -1.31. The van der Waals surface area contributed by atoms with Crippen LogP contribution in [0.3, 0.4) is 0 Å². The van der Waals surface area contributed by atoms with Crippen LogP contribution < -0.4 is 33.2 Å². The Morgan fingerprint density at radius 1 is 0.787 bits per heavy atom. The number of rotatable bonds is 16. The molecule has 0 fully saturated rings. The molecule has 5 atom stereocenters. The molecule has 47 heavy (non-hydrogen) atoms. The molecule has 0 aliphatic carbocycles. The number of nitrogens with two attached hydrogens (primary N) is 3. The Balaban J connectivity index is 1.62. The molecule has 0 aliphatic rings. The number of nitrogens with one attached hydrogen (secondary N) is 5. The van der Waals surface area contributed by atoms with Gasteiger partial charge in [0, 0.05) is 53.6 Å². The lowest BCUT2D eigenvalue weighted by Gasteiger charge is -2.25. The first kappa shape index (κ1) is 34.5. The number of aliphatic carboxylic acids is 1. The van der Waals surface area contributed by atoms with Crippen LogP contribution in [-0.4, -0.2) is 86.6 Å². The Morgan fingerprint density at radius 2 is 1.26 bits per heavy atom. The number of aromatic amines is 2. The van der Waals surface area contributed by atoms with Crippen molar-refractivity contribution in [3.05, 3.63) is 72.1 Å². The maximum Gasteiger partial charge on any atom is 0.326 e. The van der Waals surface area contributed by atoms with E-state index in [-0.39, 0.29) is 38.2 Å². The number of H-pyrrole nitrogens is 2. The number of aliphatic hydroxyl groups excluding tert-OH is 1. The Kier molecular flexibility index (Phi) is 11.5. The Bertz CT molecular complexity index is 1740. The minimum absolute atomic E-state index is 0.00284. The summed E-state index contributed by atoms with van der Waals surface area (Å²) in [4.78, 5) is 62.8. The van der Waals surface area contributed by atoms with Crippen molar-refractivity contribution in [2.75, 3.05) is 6.54 Å². The van der Waals surface area contributed by atoms with E-state index in [1.54, 1.807) is 12.4 Å². The third-order valence-electron chi connectivity index (χ3n) is 7.85. The van der Waals surface area contributed by atoms with Gasteiger partial charge in [-0.2, -0.15) is 0 Å². The van der Waals surface area contributed by atoms with Crippen LogP contribution in [0.15, 0.2) is 65.9 Å². The molecule has 13 N–H and O–H groups in total. The lowest BCUT2D eigenvalue weighted by Crippen LogP contribution is -2.59. The molecule has 15 nitrogen and oxygen atoms in total. The highest BCUT2D eigenvalue weighted by Gasteiger charge is 2.32. The Morgan fingerprint density at radius 3 is 1.72 bits per heavy atom. The molecule has 0 saturated carbocycles. The average molecular weight is 648 g/mol. The monoisotopic (exact) mass is 647 g/mol. The fourth-order valence-electron chi connectivity index (χ4n) is 5.25. The van der Waals surface area contributed by atoms with Gasteiger partial charge >= 0.3 is 5.97 Å². The maximum atomic E-state index is 14.0. The van der Waals surface area contributed by atoms with Crippen molar-refractivity contribution >= 4 is 51.5 Å². The van der Waals surface area contributed by atoms with E-state index in [1.165, 1.54) is 6.92 Å². The number of guanidine groups is 1. The molecule has 5 unspecified atom stereocenters. The molecule has 250 valence electrons. The average Bonchev–Trinajstić information content (AvgIpc) is 3.64. The number of benzene rings is 2. The molecule has 0 radical (unpaired) electrons. The molecule has 0 spiro atoms. The number of hydrogen-bond acceptors (Lipinski definition) is 7. The number of hydrogen-bond donors (Lipinski definition) is 10. The zero-order valence-electron chi connectivity index (χ0n) is 25.9. The van der Waals surface area contributed by atoms with Gasteiger partial charge in [0.05, 0.1) is 6.10 Å². The van der Waals surface area contributed by atoms with E-state index < -0.39 is 54.0 Å². The number of fused-ring (bicyclic) bond motifs is 2. The first-order chi connectivity index (χ1) is 22.4. The van der Waals surface area contributed by atoms with Crippen molar-refractivity contribution in [3.8, 4) is 0 Å². The van der Waals surface area contributed by atoms with Crippen LogP contribution in [0, 0.1) is 0 Å². The number of nitrogens with zero attached hydrogens (tertiary/aromatic N) is 1. The van der Waals surface area contributed by atoms with Crippen LogP contribution in [0.5, 0.6) is 0 Å². The molecule has 2 heterocycles. The molecular weight excluding hydrogens is 606 g/mol. The quantitative estimate of drug-likeness (QED) is 0.0435. The van der Waals surface area contributed by atoms with E-state index >= 15 is 0 Å². The fraction of sp³-hybridized carbons (Fsp3) is 0.344. The van der Waals surface area contributed by atoms with Crippen molar-refractivity contribution in [1.29, 1.82) is 0 Å². The molecule has 15 heteroatoms. The van der Waals surface area contributed by atoms with Crippen LogP contribution in [0.2, 0.25) is 0 Å². The number of carbonyl (C=O) groups excluding carboxylic acids is 3. The summed E-state index contributed by atoms with van der Waals surface area (Å²) in [5, 5.41) is 29.3. The summed E-state index contributed by atoms with van der Waals surface area (Å²) in [5.74, 6) is -3.61. The van der Waals surface area contributed by atoms with Gasteiger partial charge in [0.15, 0.2) is 5.96 Å². The Labute approximate surface area is 270 Å². The van der Waals surface area contributed by atoms with E-state index in [4.69, 9.17) is 17.2 Å². The van der Waals surface area contributed by atoms with Crippen LogP contribution in [0.25, 0.3) is 21.8 Å². The number of carbonyl (C=O) groups is 4. The van der Waals surface area contributed by atoms with Gasteiger partial charge in [-0.25, -0.2) is 4.79 Å². The number of carboxylic acids is 1. The van der Waals surface area contributed by atoms with Crippen LogP contribution in [-0.2, 0) is 32.0 Å². The van der Waals surface area contributed by atoms with Crippen molar-refractivity contribution in [3.63, 3.8) is 0 Å². The number of carboxylic acid groups (broad SMARTS) is 1. The molecular formula is C32H41N9O6. The zero-order chi connectivity index (χ0) is 34.1. The molecule has 4 rings (SSSR count). The molecule has 0 bridgehead atoms. The number of aliphatic imine (C=N–C) groups is 1. The van der Waals surface area contributed by atoms with Crippen LogP contribution in [0.4, 0.5) is 0 Å². The highest BCUT2D eigenvalue weighted by atomic mass is 16.4. The lowest BCUT2D eigenvalue weighted by molar-refractivity contribution is -0.142. The van der Waals surface area contributed by atoms with E-state index in [1.807, 2.05) is 48.5 Å². The summed E-state index contributed by atoms with van der Waals surface area (Å²) in [5.41, 5.74) is 19.6. The van der Waals surface area contributed by atoms with E-state index in [0.29, 0.717) is 5.56 Å². The van der Waals surface area contributed by atoms with Gasteiger partial charge in [-0.1, -0.05) is 36.4 Å². The second-order valence-electron chi connectivity index (χ2n) is 11.4. The Hall–Kier alpha value is -5.41. The molecule has 3 amide bonds. The molecule has 4 aromatic rings. The highest BCUT2D eigenvalue weighted by Crippen LogP contribution is 2.21. The molecule has 2 aromatic carbocycles. The highest BCUT2D eigenvalue weighted by molar-refractivity contribution is 5.95. The van der Waals surface area contributed by atoms with Crippen molar-refractivity contribution in [2.45, 2.75) is 62.9 Å². The largest absolute Gasteiger partial charge is 0.480 e.